The highest BCUT2D eigenvalue weighted by Crippen LogP contribution is 2.34. The summed E-state index contributed by atoms with van der Waals surface area (Å²) in [5, 5.41) is 16.6. The van der Waals surface area contributed by atoms with Crippen LogP contribution >= 0.6 is 15.9 Å². The van der Waals surface area contributed by atoms with E-state index in [9.17, 15) is 19.3 Å². The maximum atomic E-state index is 14.2. The van der Waals surface area contributed by atoms with Crippen LogP contribution in [0.25, 0.3) is 22.3 Å². The van der Waals surface area contributed by atoms with Gasteiger partial charge in [-0.2, -0.15) is 9.78 Å². The lowest BCUT2D eigenvalue weighted by molar-refractivity contribution is -0.386. The molecule has 5 rings (SSSR count). The third-order valence-corrected chi connectivity index (χ3v) is 6.15. The Bertz CT molecular complexity index is 1760. The Morgan fingerprint density at radius 3 is 2.50 bits per heavy atom. The van der Waals surface area contributed by atoms with Crippen LogP contribution in [0.2, 0.25) is 0 Å². The van der Waals surface area contributed by atoms with Crippen molar-refractivity contribution in [3.05, 3.63) is 133 Å². The first kappa shape index (κ1) is 25.0. The van der Waals surface area contributed by atoms with Crippen LogP contribution in [-0.4, -0.2) is 20.8 Å². The zero-order valence-electron chi connectivity index (χ0n) is 19.6. The van der Waals surface area contributed by atoms with E-state index in [1.807, 2.05) is 18.2 Å². The average Bonchev–Trinajstić information content (AvgIpc) is 2.92. The highest BCUT2D eigenvalue weighted by atomic mass is 79.9. The molecule has 0 aliphatic rings. The van der Waals surface area contributed by atoms with Crippen molar-refractivity contribution in [2.75, 3.05) is 0 Å². The number of fused-ring (bicyclic) bond motifs is 1. The van der Waals surface area contributed by atoms with Crippen LogP contribution in [0.3, 0.4) is 0 Å². The lowest BCUT2D eigenvalue weighted by Crippen LogP contribution is -2.20. The van der Waals surface area contributed by atoms with Crippen LogP contribution < -0.4 is 10.3 Å². The molecule has 0 atom stereocenters. The Kier molecular flexibility index (Phi) is 7.05. The molecule has 0 saturated heterocycles. The van der Waals surface area contributed by atoms with Crippen LogP contribution in [0.15, 0.2) is 105 Å². The number of hydrogen-bond donors (Lipinski definition) is 0. The van der Waals surface area contributed by atoms with Crippen LogP contribution in [0, 0.1) is 15.9 Å². The zero-order valence-corrected chi connectivity index (χ0v) is 21.2. The van der Waals surface area contributed by atoms with Gasteiger partial charge in [-0.3, -0.25) is 14.9 Å². The largest absolute Gasteiger partial charge is 0.481 e. The minimum absolute atomic E-state index is 0.117. The SMILES string of the molecule is O=c1c2ccccc2nc(-c2ccccc2)n1N=Cc1cc(Br)cc([N+](=O)[O-])c1OCc1ccccc1F. The van der Waals surface area contributed by atoms with Crippen LogP contribution in [0.1, 0.15) is 11.1 Å². The van der Waals surface area contributed by atoms with Crippen LogP contribution in [0.4, 0.5) is 10.1 Å². The fourth-order valence-electron chi connectivity index (χ4n) is 3.88. The van der Waals surface area contributed by atoms with Crippen molar-refractivity contribution in [3.63, 3.8) is 0 Å². The Labute approximate surface area is 223 Å². The van der Waals surface area contributed by atoms with Gasteiger partial charge in [0.05, 0.1) is 22.0 Å². The minimum Gasteiger partial charge on any atom is -0.481 e. The van der Waals surface area contributed by atoms with Crippen LogP contribution in [-0.2, 0) is 6.61 Å². The third kappa shape index (κ3) is 5.07. The maximum absolute atomic E-state index is 14.2. The number of para-hydroxylation sites is 1. The van der Waals surface area contributed by atoms with Gasteiger partial charge in [-0.1, -0.05) is 76.6 Å². The van der Waals surface area contributed by atoms with Gasteiger partial charge in [0.1, 0.15) is 12.4 Å². The summed E-state index contributed by atoms with van der Waals surface area (Å²) in [7, 11) is 0. The summed E-state index contributed by atoms with van der Waals surface area (Å²) in [6, 6.07) is 24.8. The minimum atomic E-state index is -0.599. The van der Waals surface area contributed by atoms with Gasteiger partial charge in [0.25, 0.3) is 5.56 Å². The van der Waals surface area contributed by atoms with Crippen molar-refractivity contribution in [3.8, 4) is 17.1 Å². The molecule has 38 heavy (non-hydrogen) atoms. The van der Waals surface area contributed by atoms with Crippen LogP contribution in [0.5, 0.6) is 5.75 Å². The predicted molar refractivity (Wildman–Crippen MR) is 146 cm³/mol. The molecule has 1 aromatic heterocycles. The molecule has 0 aliphatic heterocycles. The standard InChI is InChI=1S/C28H18BrFN4O4/c29-21-14-20(26(25(15-21)34(36)37)38-17-19-10-4-6-12-23(19)30)16-31-33-27(18-8-2-1-3-9-18)32-24-13-7-5-11-22(24)28(33)35/h1-16H,17H2. The van der Waals surface area contributed by atoms with Gasteiger partial charge in [-0.25, -0.2) is 9.37 Å². The monoisotopic (exact) mass is 572 g/mol. The summed E-state index contributed by atoms with van der Waals surface area (Å²) >= 11 is 3.29. The number of nitro groups is 1. The number of halogens is 2. The second-order valence-electron chi connectivity index (χ2n) is 8.16. The maximum Gasteiger partial charge on any atom is 0.312 e. The summed E-state index contributed by atoms with van der Waals surface area (Å²) < 4.78 is 21.5. The van der Waals surface area contributed by atoms with Crippen molar-refractivity contribution in [1.82, 2.24) is 9.66 Å². The molecule has 188 valence electrons. The van der Waals surface area contributed by atoms with Gasteiger partial charge in [0.2, 0.25) is 5.75 Å². The van der Waals surface area contributed by atoms with E-state index in [1.165, 1.54) is 24.4 Å². The van der Waals surface area contributed by atoms with Gasteiger partial charge in [-0.15, -0.1) is 0 Å². The number of nitro benzene ring substituents is 1. The smallest absolute Gasteiger partial charge is 0.312 e. The van der Waals surface area contributed by atoms with Crippen molar-refractivity contribution < 1.29 is 14.1 Å². The number of rotatable bonds is 7. The molecule has 0 bridgehead atoms. The first-order valence-electron chi connectivity index (χ1n) is 11.4. The van der Waals surface area contributed by atoms with E-state index in [0.717, 1.165) is 4.68 Å². The number of aromatic nitrogens is 2. The summed E-state index contributed by atoms with van der Waals surface area (Å²) in [4.78, 5) is 29.3. The van der Waals surface area contributed by atoms with Gasteiger partial charge in [0, 0.05) is 27.2 Å². The fourth-order valence-corrected chi connectivity index (χ4v) is 4.34. The molecule has 0 amide bonds. The van der Waals surface area contributed by atoms with Crippen molar-refractivity contribution in [2.45, 2.75) is 6.61 Å². The van der Waals surface area contributed by atoms with E-state index in [2.05, 4.69) is 26.0 Å². The molecule has 0 unspecified atom stereocenters. The average molecular weight is 573 g/mol. The lowest BCUT2D eigenvalue weighted by Gasteiger charge is -2.12. The van der Waals surface area contributed by atoms with Gasteiger partial charge < -0.3 is 4.74 Å². The first-order chi connectivity index (χ1) is 18.4. The van der Waals surface area contributed by atoms with Crippen molar-refractivity contribution >= 4 is 38.7 Å². The highest BCUT2D eigenvalue weighted by molar-refractivity contribution is 9.10. The molecule has 0 fully saturated rings. The van der Waals surface area contributed by atoms with Crippen molar-refractivity contribution in [1.29, 1.82) is 0 Å². The Morgan fingerprint density at radius 1 is 1.03 bits per heavy atom. The lowest BCUT2D eigenvalue weighted by atomic mass is 10.1. The molecule has 0 N–H and O–H groups in total. The first-order valence-corrected chi connectivity index (χ1v) is 12.2. The molecule has 0 saturated carbocycles. The second kappa shape index (κ2) is 10.7. The topological polar surface area (TPSA) is 99.6 Å². The molecule has 0 spiro atoms. The van der Waals surface area contributed by atoms with Crippen molar-refractivity contribution in [2.24, 2.45) is 5.10 Å². The summed E-state index contributed by atoms with van der Waals surface area (Å²) in [6.45, 7) is -0.247. The molecule has 5 aromatic rings. The van der Waals surface area contributed by atoms with Gasteiger partial charge in [-0.05, 0) is 24.3 Å². The number of ether oxygens (including phenoxy) is 1. The second-order valence-corrected chi connectivity index (χ2v) is 9.08. The molecule has 10 heteroatoms. The van der Waals surface area contributed by atoms with E-state index < -0.39 is 16.3 Å². The normalized spacial score (nSPS) is 11.2. The van der Waals surface area contributed by atoms with E-state index in [-0.39, 0.29) is 29.2 Å². The molecular formula is C28H18BrFN4O4. The van der Waals surface area contributed by atoms with Gasteiger partial charge in [0.15, 0.2) is 5.82 Å². The number of nitrogens with zero attached hydrogens (tertiary/aromatic N) is 4. The quantitative estimate of drug-likeness (QED) is 0.129. The number of hydrogen-bond acceptors (Lipinski definition) is 6. The molecule has 8 nitrogen and oxygen atoms in total. The highest BCUT2D eigenvalue weighted by Gasteiger charge is 2.21. The molecular weight excluding hydrogens is 555 g/mol. The Morgan fingerprint density at radius 2 is 1.74 bits per heavy atom. The Hall–Kier alpha value is -4.70. The van der Waals surface area contributed by atoms with E-state index in [4.69, 9.17) is 4.74 Å². The summed E-state index contributed by atoms with van der Waals surface area (Å²) in [6.07, 6.45) is 1.29. The molecule has 0 radical (unpaired) electrons. The molecule has 0 aliphatic carbocycles. The summed E-state index contributed by atoms with van der Waals surface area (Å²) in [5.74, 6) is -0.319. The predicted octanol–water partition coefficient (Wildman–Crippen LogP) is 6.33. The van der Waals surface area contributed by atoms with Gasteiger partial charge >= 0.3 is 5.69 Å². The molecule has 4 aromatic carbocycles. The summed E-state index contributed by atoms with van der Waals surface area (Å²) in [5.41, 5.74) is 0.849. The Balaban J connectivity index is 1.65. The van der Waals surface area contributed by atoms with E-state index in [0.29, 0.717) is 26.8 Å². The third-order valence-electron chi connectivity index (χ3n) is 5.69. The van der Waals surface area contributed by atoms with E-state index in [1.54, 1.807) is 54.6 Å². The zero-order chi connectivity index (χ0) is 26.6. The molecule has 1 heterocycles. The fraction of sp³-hybridized carbons (Fsp3) is 0.0357. The van der Waals surface area contributed by atoms with E-state index >= 15 is 0 Å². The number of benzene rings is 4.